The number of rotatable bonds is 4. The molecule has 1 N–H and O–H groups in total. The van der Waals surface area contributed by atoms with Crippen molar-refractivity contribution in [1.29, 1.82) is 0 Å². The molecule has 1 amide bonds. The van der Waals surface area contributed by atoms with Crippen molar-refractivity contribution in [2.75, 3.05) is 33.8 Å². The second-order valence-corrected chi connectivity index (χ2v) is 7.01. The van der Waals surface area contributed by atoms with Crippen LogP contribution in [0.5, 0.6) is 0 Å². The van der Waals surface area contributed by atoms with E-state index in [1.165, 1.54) is 7.11 Å². The highest BCUT2D eigenvalue weighted by atomic mass is 16.5. The third-order valence-corrected chi connectivity index (χ3v) is 5.31. The Hall–Kier alpha value is -2.60. The number of carbonyl (C=O) groups excluding carboxylic acids is 2. The van der Waals surface area contributed by atoms with E-state index in [0.29, 0.717) is 29.8 Å². The predicted molar refractivity (Wildman–Crippen MR) is 104 cm³/mol. The summed E-state index contributed by atoms with van der Waals surface area (Å²) in [5, 5.41) is 0. The third-order valence-electron chi connectivity index (χ3n) is 5.31. The lowest BCUT2D eigenvalue weighted by Crippen LogP contribution is -2.49. The van der Waals surface area contributed by atoms with E-state index >= 15 is 0 Å². The van der Waals surface area contributed by atoms with Crippen molar-refractivity contribution in [1.82, 2.24) is 14.8 Å². The van der Waals surface area contributed by atoms with Crippen LogP contribution in [-0.2, 0) is 11.2 Å². The van der Waals surface area contributed by atoms with Gasteiger partial charge in [0.2, 0.25) is 0 Å². The molecule has 1 saturated heterocycles. The molecule has 0 radical (unpaired) electrons. The maximum Gasteiger partial charge on any atom is 0.339 e. The highest BCUT2D eigenvalue weighted by Crippen LogP contribution is 2.29. The lowest BCUT2D eigenvalue weighted by molar-refractivity contribution is 0.0492. The summed E-state index contributed by atoms with van der Waals surface area (Å²) in [7, 11) is 3.43. The average Bonchev–Trinajstić information content (AvgIpc) is 3.03. The number of piperazine rings is 1. The van der Waals surface area contributed by atoms with Crippen LogP contribution in [0, 0.1) is 6.92 Å². The second-order valence-electron chi connectivity index (χ2n) is 7.01. The van der Waals surface area contributed by atoms with E-state index in [0.717, 1.165) is 24.3 Å². The van der Waals surface area contributed by atoms with Crippen LogP contribution in [0.3, 0.4) is 0 Å². The number of carbonyl (C=O) groups is 2. The molecule has 144 valence electrons. The van der Waals surface area contributed by atoms with Crippen LogP contribution in [-0.4, -0.2) is 60.5 Å². The molecule has 1 atom stereocenters. The molecule has 0 aliphatic carbocycles. The molecule has 1 aromatic carbocycles. The van der Waals surface area contributed by atoms with Gasteiger partial charge in [-0.2, -0.15) is 0 Å². The average molecular weight is 369 g/mol. The zero-order chi connectivity index (χ0) is 19.6. The summed E-state index contributed by atoms with van der Waals surface area (Å²) in [6.45, 7) is 6.00. The molecule has 0 saturated carbocycles. The summed E-state index contributed by atoms with van der Waals surface area (Å²) in [6.07, 6.45) is 0.628. The first kappa shape index (κ1) is 19.2. The van der Waals surface area contributed by atoms with Crippen LogP contribution in [0.1, 0.15) is 50.6 Å². The van der Waals surface area contributed by atoms with Crippen molar-refractivity contribution in [2.24, 2.45) is 0 Å². The summed E-state index contributed by atoms with van der Waals surface area (Å²) < 4.78 is 4.91. The van der Waals surface area contributed by atoms with Gasteiger partial charge in [0.15, 0.2) is 0 Å². The normalized spacial score (nSPS) is 17.8. The summed E-state index contributed by atoms with van der Waals surface area (Å²) in [5.74, 6) is -0.475. The first-order chi connectivity index (χ1) is 13.0. The summed E-state index contributed by atoms with van der Waals surface area (Å²) in [6, 6.07) is 10.1. The van der Waals surface area contributed by atoms with Crippen LogP contribution in [0.4, 0.5) is 0 Å². The number of nitrogens with one attached hydrogen (secondary N) is 1. The number of ether oxygens (including phenoxy) is 1. The van der Waals surface area contributed by atoms with Crippen LogP contribution < -0.4 is 0 Å². The number of hydrogen-bond donors (Lipinski definition) is 1. The van der Waals surface area contributed by atoms with Gasteiger partial charge in [0.05, 0.1) is 18.7 Å². The summed E-state index contributed by atoms with van der Waals surface area (Å²) >= 11 is 0. The molecule has 6 nitrogen and oxygen atoms in total. The van der Waals surface area contributed by atoms with Gasteiger partial charge in [0.25, 0.3) is 5.91 Å². The van der Waals surface area contributed by atoms with E-state index in [1.807, 2.05) is 36.9 Å². The fourth-order valence-corrected chi connectivity index (χ4v) is 3.78. The van der Waals surface area contributed by atoms with Gasteiger partial charge in [-0.15, -0.1) is 0 Å². The van der Waals surface area contributed by atoms with Gasteiger partial charge in [0, 0.05) is 25.3 Å². The SMILES string of the molecule is CCc1[nH]c(C(=O)N2CCN(C)CC2c2ccccc2)c(C)c1C(=O)OC. The van der Waals surface area contributed by atoms with Crippen molar-refractivity contribution >= 4 is 11.9 Å². The largest absolute Gasteiger partial charge is 0.465 e. The van der Waals surface area contributed by atoms with E-state index in [4.69, 9.17) is 4.74 Å². The van der Waals surface area contributed by atoms with Crippen molar-refractivity contribution in [3.05, 3.63) is 58.4 Å². The molecule has 1 fully saturated rings. The van der Waals surface area contributed by atoms with Crippen molar-refractivity contribution < 1.29 is 14.3 Å². The topological polar surface area (TPSA) is 65.6 Å². The predicted octanol–water partition coefficient (Wildman–Crippen LogP) is 2.80. The Bertz CT molecular complexity index is 829. The smallest absolute Gasteiger partial charge is 0.339 e. The molecule has 1 aromatic heterocycles. The Morgan fingerprint density at radius 1 is 1.22 bits per heavy atom. The Morgan fingerprint density at radius 3 is 2.56 bits per heavy atom. The first-order valence-electron chi connectivity index (χ1n) is 9.32. The Balaban J connectivity index is 1.98. The number of esters is 1. The quantitative estimate of drug-likeness (QED) is 0.842. The number of aromatic nitrogens is 1. The second kappa shape index (κ2) is 7.96. The number of aryl methyl sites for hydroxylation is 1. The number of likely N-dealkylation sites (N-methyl/N-ethyl adjacent to an activating group) is 1. The molecule has 6 heteroatoms. The zero-order valence-corrected chi connectivity index (χ0v) is 16.4. The number of hydrogen-bond acceptors (Lipinski definition) is 4. The van der Waals surface area contributed by atoms with Gasteiger partial charge in [-0.3, -0.25) is 4.79 Å². The van der Waals surface area contributed by atoms with E-state index in [9.17, 15) is 9.59 Å². The standard InChI is InChI=1S/C21H27N3O3/c1-5-16-18(21(26)27-4)14(2)19(22-16)20(25)24-12-11-23(3)13-17(24)15-9-7-6-8-10-15/h6-10,17,22H,5,11-13H2,1-4H3. The van der Waals surface area contributed by atoms with E-state index in [1.54, 1.807) is 0 Å². The fraction of sp³-hybridized carbons (Fsp3) is 0.429. The number of aromatic amines is 1. The van der Waals surface area contributed by atoms with Crippen molar-refractivity contribution in [2.45, 2.75) is 26.3 Å². The number of methoxy groups -OCH3 is 1. The molecule has 3 rings (SSSR count). The molecule has 27 heavy (non-hydrogen) atoms. The Labute approximate surface area is 160 Å². The third kappa shape index (κ3) is 3.62. The number of amides is 1. The highest BCUT2D eigenvalue weighted by Gasteiger charge is 2.33. The lowest BCUT2D eigenvalue weighted by atomic mass is 10.0. The van der Waals surface area contributed by atoms with Gasteiger partial charge >= 0.3 is 5.97 Å². The fourth-order valence-electron chi connectivity index (χ4n) is 3.78. The lowest BCUT2D eigenvalue weighted by Gasteiger charge is -2.40. The number of benzene rings is 1. The first-order valence-corrected chi connectivity index (χ1v) is 9.32. The number of H-pyrrole nitrogens is 1. The molecule has 1 unspecified atom stereocenters. The highest BCUT2D eigenvalue weighted by molar-refractivity contribution is 6.00. The molecule has 0 bridgehead atoms. The summed E-state index contributed by atoms with van der Waals surface area (Å²) in [5.41, 5.74) is 3.49. The monoisotopic (exact) mass is 369 g/mol. The molecule has 2 aromatic rings. The maximum absolute atomic E-state index is 13.4. The molecular formula is C21H27N3O3. The van der Waals surface area contributed by atoms with Crippen LogP contribution in [0.25, 0.3) is 0 Å². The van der Waals surface area contributed by atoms with Crippen LogP contribution in [0.2, 0.25) is 0 Å². The minimum Gasteiger partial charge on any atom is -0.465 e. The maximum atomic E-state index is 13.4. The number of nitrogens with zero attached hydrogens (tertiary/aromatic N) is 2. The minimum absolute atomic E-state index is 0.0215. The van der Waals surface area contributed by atoms with Gasteiger partial charge in [-0.05, 0) is 31.5 Å². The minimum atomic E-state index is -0.405. The zero-order valence-electron chi connectivity index (χ0n) is 16.4. The van der Waals surface area contributed by atoms with Gasteiger partial charge in [0.1, 0.15) is 5.69 Å². The van der Waals surface area contributed by atoms with Gasteiger partial charge in [-0.25, -0.2) is 4.79 Å². The van der Waals surface area contributed by atoms with E-state index < -0.39 is 5.97 Å². The van der Waals surface area contributed by atoms with Crippen molar-refractivity contribution in [3.63, 3.8) is 0 Å². The van der Waals surface area contributed by atoms with Gasteiger partial charge in [-0.1, -0.05) is 37.3 Å². The molecule has 0 spiro atoms. The molecule has 1 aliphatic heterocycles. The van der Waals surface area contributed by atoms with Crippen LogP contribution in [0.15, 0.2) is 30.3 Å². The van der Waals surface area contributed by atoms with Gasteiger partial charge < -0.3 is 19.5 Å². The molecule has 2 heterocycles. The van der Waals surface area contributed by atoms with Crippen molar-refractivity contribution in [3.8, 4) is 0 Å². The van der Waals surface area contributed by atoms with Crippen LogP contribution >= 0.6 is 0 Å². The van der Waals surface area contributed by atoms with E-state index in [-0.39, 0.29) is 11.9 Å². The summed E-state index contributed by atoms with van der Waals surface area (Å²) in [4.78, 5) is 32.9. The molecular weight excluding hydrogens is 342 g/mol. The molecule has 1 aliphatic rings. The van der Waals surface area contributed by atoms with E-state index in [2.05, 4.69) is 29.1 Å². The Kier molecular flexibility index (Phi) is 5.65. The Morgan fingerprint density at radius 2 is 1.93 bits per heavy atom.